The van der Waals surface area contributed by atoms with Crippen LogP contribution in [0.15, 0.2) is 52.3 Å². The molecule has 0 aliphatic rings. The number of carbonyl (C=O) groups is 1. The predicted octanol–water partition coefficient (Wildman–Crippen LogP) is 3.47. The molecule has 1 aromatic heterocycles. The van der Waals surface area contributed by atoms with Crippen LogP contribution in [0.3, 0.4) is 0 Å². The van der Waals surface area contributed by atoms with E-state index in [1.165, 1.54) is 7.11 Å². The molecule has 112 valence electrons. The Bertz CT molecular complexity index is 814. The number of carbonyl (C=O) groups excluding carboxylic acids is 1. The zero-order chi connectivity index (χ0) is 15.5. The molecule has 4 N–H and O–H groups in total. The minimum absolute atomic E-state index is 0.358. The Balaban J connectivity index is 1.83. The lowest BCUT2D eigenvalue weighted by atomic mass is 10.3. The van der Waals surface area contributed by atoms with Crippen LogP contribution in [0.4, 0.5) is 16.4 Å². The van der Waals surface area contributed by atoms with Gasteiger partial charge >= 0.3 is 6.09 Å². The third-order valence-electron chi connectivity index (χ3n) is 2.98. The lowest BCUT2D eigenvalue weighted by Gasteiger charge is -2.02. The van der Waals surface area contributed by atoms with Gasteiger partial charge in [-0.15, -0.1) is 0 Å². The first-order valence-electron chi connectivity index (χ1n) is 6.52. The normalized spacial score (nSPS) is 10.6. The van der Waals surface area contributed by atoms with Gasteiger partial charge in [-0.1, -0.05) is 11.8 Å². The number of ether oxygens (including phenoxy) is 1. The van der Waals surface area contributed by atoms with Crippen molar-refractivity contribution in [2.75, 3.05) is 18.2 Å². The zero-order valence-electron chi connectivity index (χ0n) is 11.8. The molecule has 2 aromatic carbocycles. The van der Waals surface area contributed by atoms with E-state index in [9.17, 15) is 4.79 Å². The van der Waals surface area contributed by atoms with E-state index in [1.807, 2.05) is 42.5 Å². The number of nitrogens with two attached hydrogens (primary N) is 1. The second kappa shape index (κ2) is 5.98. The minimum Gasteiger partial charge on any atom is -0.453 e. The van der Waals surface area contributed by atoms with Crippen molar-refractivity contribution >= 4 is 40.5 Å². The quantitative estimate of drug-likeness (QED) is 0.644. The molecule has 0 bridgehead atoms. The van der Waals surface area contributed by atoms with Gasteiger partial charge in [0.2, 0.25) is 5.95 Å². The summed E-state index contributed by atoms with van der Waals surface area (Å²) in [4.78, 5) is 20.7. The number of hydrogen-bond acceptors (Lipinski definition) is 5. The van der Waals surface area contributed by atoms with E-state index >= 15 is 0 Å². The fourth-order valence-corrected chi connectivity index (χ4v) is 2.79. The molecular formula is C15H14N4O2S. The summed E-state index contributed by atoms with van der Waals surface area (Å²) in [6, 6.07) is 13.5. The Labute approximate surface area is 131 Å². The fourth-order valence-electron chi connectivity index (χ4n) is 1.93. The number of rotatable bonds is 3. The molecule has 6 nitrogen and oxygen atoms in total. The summed E-state index contributed by atoms with van der Waals surface area (Å²) in [6.07, 6.45) is -0.560. The third kappa shape index (κ3) is 3.15. The van der Waals surface area contributed by atoms with Crippen molar-refractivity contribution in [2.24, 2.45) is 0 Å². The molecule has 0 aliphatic heterocycles. The van der Waals surface area contributed by atoms with Gasteiger partial charge in [-0.25, -0.2) is 9.78 Å². The Hall–Kier alpha value is -2.67. The summed E-state index contributed by atoms with van der Waals surface area (Å²) in [6.45, 7) is 0. The summed E-state index contributed by atoms with van der Waals surface area (Å²) in [5.74, 6) is 0.358. The van der Waals surface area contributed by atoms with E-state index in [1.54, 1.807) is 11.8 Å². The highest BCUT2D eigenvalue weighted by Gasteiger charge is 2.07. The SMILES string of the molecule is COC(=O)Nc1nc2ccc(Sc3ccc(N)cc3)cc2[nH]1. The Morgan fingerprint density at radius 3 is 2.68 bits per heavy atom. The van der Waals surface area contributed by atoms with Gasteiger partial charge in [0.05, 0.1) is 18.1 Å². The second-order valence-electron chi connectivity index (χ2n) is 4.55. The molecular weight excluding hydrogens is 300 g/mol. The van der Waals surface area contributed by atoms with Crippen molar-refractivity contribution < 1.29 is 9.53 Å². The molecule has 1 heterocycles. The first kappa shape index (κ1) is 14.3. The van der Waals surface area contributed by atoms with Gasteiger partial charge in [0.1, 0.15) is 0 Å². The Morgan fingerprint density at radius 2 is 1.95 bits per heavy atom. The number of nitrogens with one attached hydrogen (secondary N) is 2. The summed E-state index contributed by atoms with van der Waals surface area (Å²) in [5.41, 5.74) is 8.03. The molecule has 3 rings (SSSR count). The molecule has 7 heteroatoms. The van der Waals surface area contributed by atoms with Crippen molar-refractivity contribution in [3.8, 4) is 0 Å². The van der Waals surface area contributed by atoms with Crippen LogP contribution in [0, 0.1) is 0 Å². The van der Waals surface area contributed by atoms with E-state index in [-0.39, 0.29) is 0 Å². The van der Waals surface area contributed by atoms with Crippen molar-refractivity contribution in [1.29, 1.82) is 0 Å². The number of aromatic nitrogens is 2. The first-order chi connectivity index (χ1) is 10.6. The maximum Gasteiger partial charge on any atom is 0.413 e. The molecule has 0 aliphatic carbocycles. The third-order valence-corrected chi connectivity index (χ3v) is 3.97. The lowest BCUT2D eigenvalue weighted by molar-refractivity contribution is 0.186. The molecule has 0 spiro atoms. The molecule has 0 radical (unpaired) electrons. The van der Waals surface area contributed by atoms with Crippen LogP contribution in [-0.2, 0) is 4.74 Å². The van der Waals surface area contributed by atoms with E-state index < -0.39 is 6.09 Å². The summed E-state index contributed by atoms with van der Waals surface area (Å²) < 4.78 is 4.54. The van der Waals surface area contributed by atoms with Gasteiger partial charge in [-0.05, 0) is 42.5 Å². The maximum absolute atomic E-state index is 11.2. The van der Waals surface area contributed by atoms with Gasteiger partial charge in [0.25, 0.3) is 0 Å². The predicted molar refractivity (Wildman–Crippen MR) is 87.1 cm³/mol. The summed E-state index contributed by atoms with van der Waals surface area (Å²) in [7, 11) is 1.30. The average molecular weight is 314 g/mol. The molecule has 22 heavy (non-hydrogen) atoms. The van der Waals surface area contributed by atoms with Crippen LogP contribution in [0.5, 0.6) is 0 Å². The van der Waals surface area contributed by atoms with Crippen LogP contribution >= 0.6 is 11.8 Å². The highest BCUT2D eigenvalue weighted by molar-refractivity contribution is 7.99. The highest BCUT2D eigenvalue weighted by atomic mass is 32.2. The number of nitrogens with zero attached hydrogens (tertiary/aromatic N) is 1. The lowest BCUT2D eigenvalue weighted by Crippen LogP contribution is -2.11. The Kier molecular flexibility index (Phi) is 3.88. The number of anilines is 2. The average Bonchev–Trinajstić information content (AvgIpc) is 2.91. The number of amides is 1. The van der Waals surface area contributed by atoms with Gasteiger partial charge in [-0.2, -0.15) is 0 Å². The second-order valence-corrected chi connectivity index (χ2v) is 5.70. The number of fused-ring (bicyclic) bond motifs is 1. The molecule has 0 unspecified atom stereocenters. The number of methoxy groups -OCH3 is 1. The number of imidazole rings is 1. The smallest absolute Gasteiger partial charge is 0.413 e. The van der Waals surface area contributed by atoms with Crippen LogP contribution in [0.1, 0.15) is 0 Å². The zero-order valence-corrected chi connectivity index (χ0v) is 12.6. The van der Waals surface area contributed by atoms with E-state index in [4.69, 9.17) is 5.73 Å². The summed E-state index contributed by atoms with van der Waals surface area (Å²) in [5, 5.41) is 2.51. The van der Waals surface area contributed by atoms with Crippen LogP contribution in [0.2, 0.25) is 0 Å². The van der Waals surface area contributed by atoms with Crippen LogP contribution < -0.4 is 11.1 Å². The van der Waals surface area contributed by atoms with Crippen LogP contribution in [0.25, 0.3) is 11.0 Å². The van der Waals surface area contributed by atoms with E-state index in [2.05, 4.69) is 20.0 Å². The van der Waals surface area contributed by atoms with E-state index in [0.29, 0.717) is 5.95 Å². The van der Waals surface area contributed by atoms with Crippen molar-refractivity contribution in [3.63, 3.8) is 0 Å². The standard InChI is InChI=1S/C15H14N4O2S/c1-21-15(20)19-14-17-12-7-6-11(8-13(12)18-14)22-10-4-2-9(16)3-5-10/h2-8H,16H2,1H3,(H2,17,18,19,20). The van der Waals surface area contributed by atoms with Crippen molar-refractivity contribution in [1.82, 2.24) is 9.97 Å². The van der Waals surface area contributed by atoms with Gasteiger partial charge in [0.15, 0.2) is 0 Å². The molecule has 0 saturated heterocycles. The molecule has 0 fully saturated rings. The maximum atomic E-state index is 11.2. The molecule has 0 saturated carbocycles. The molecule has 3 aromatic rings. The number of nitrogen functional groups attached to an aromatic ring is 1. The van der Waals surface area contributed by atoms with E-state index in [0.717, 1.165) is 26.5 Å². The number of H-pyrrole nitrogens is 1. The largest absolute Gasteiger partial charge is 0.453 e. The minimum atomic E-state index is -0.560. The van der Waals surface area contributed by atoms with Gasteiger partial charge < -0.3 is 15.5 Å². The number of benzene rings is 2. The van der Waals surface area contributed by atoms with Gasteiger partial charge in [0, 0.05) is 15.5 Å². The fraction of sp³-hybridized carbons (Fsp3) is 0.0667. The monoisotopic (exact) mass is 314 g/mol. The molecule has 1 amide bonds. The number of hydrogen-bond donors (Lipinski definition) is 3. The Morgan fingerprint density at radius 1 is 1.23 bits per heavy atom. The number of aromatic amines is 1. The highest BCUT2D eigenvalue weighted by Crippen LogP contribution is 2.30. The topological polar surface area (TPSA) is 93.0 Å². The van der Waals surface area contributed by atoms with Crippen LogP contribution in [-0.4, -0.2) is 23.2 Å². The summed E-state index contributed by atoms with van der Waals surface area (Å²) >= 11 is 1.62. The van der Waals surface area contributed by atoms with Crippen molar-refractivity contribution in [3.05, 3.63) is 42.5 Å². The van der Waals surface area contributed by atoms with Crippen molar-refractivity contribution in [2.45, 2.75) is 9.79 Å². The molecule has 0 atom stereocenters. The first-order valence-corrected chi connectivity index (χ1v) is 7.34. The van der Waals surface area contributed by atoms with Gasteiger partial charge in [-0.3, -0.25) is 5.32 Å².